The first kappa shape index (κ1) is 21.6. The smallest absolute Gasteiger partial charge is 0.422 e. The van der Waals surface area contributed by atoms with E-state index in [0.717, 1.165) is 5.56 Å². The van der Waals surface area contributed by atoms with Crippen LogP contribution in [0, 0.1) is 0 Å². The molecule has 8 heteroatoms. The van der Waals surface area contributed by atoms with E-state index >= 15 is 0 Å². The van der Waals surface area contributed by atoms with Crippen LogP contribution in [0.25, 0.3) is 0 Å². The number of halogens is 4. The molecule has 0 heterocycles. The molecule has 4 nitrogen and oxygen atoms in total. The first-order chi connectivity index (χ1) is 10.4. The first-order valence-corrected chi connectivity index (χ1v) is 6.86. The summed E-state index contributed by atoms with van der Waals surface area (Å²) in [5.74, 6) is 0.790. The van der Waals surface area contributed by atoms with Gasteiger partial charge in [-0.1, -0.05) is 18.2 Å². The Hall–Kier alpha value is -1.45. The van der Waals surface area contributed by atoms with E-state index in [9.17, 15) is 13.2 Å². The molecule has 1 rings (SSSR count). The van der Waals surface area contributed by atoms with Gasteiger partial charge in [-0.25, -0.2) is 4.99 Å². The van der Waals surface area contributed by atoms with Gasteiger partial charge in [0.1, 0.15) is 5.75 Å². The monoisotopic (exact) mass is 443 g/mol. The van der Waals surface area contributed by atoms with Crippen LogP contribution in [0.5, 0.6) is 5.75 Å². The normalized spacial score (nSPS) is 11.4. The van der Waals surface area contributed by atoms with E-state index in [1.165, 1.54) is 6.07 Å². The van der Waals surface area contributed by atoms with Gasteiger partial charge < -0.3 is 15.4 Å². The highest BCUT2D eigenvalue weighted by atomic mass is 127. The number of nitrogens with zero attached hydrogens (tertiary/aromatic N) is 1. The zero-order valence-corrected chi connectivity index (χ0v) is 15.2. The topological polar surface area (TPSA) is 45.7 Å². The molecule has 0 fully saturated rings. The molecule has 1 aromatic carbocycles. The number of guanidine groups is 1. The molecule has 0 amide bonds. The average Bonchev–Trinajstić information content (AvgIpc) is 2.48. The van der Waals surface area contributed by atoms with Gasteiger partial charge in [-0.15, -0.1) is 30.6 Å². The highest BCUT2D eigenvalue weighted by molar-refractivity contribution is 14.0. The fourth-order valence-corrected chi connectivity index (χ4v) is 1.58. The van der Waals surface area contributed by atoms with Crippen molar-refractivity contribution >= 4 is 29.9 Å². The largest absolute Gasteiger partial charge is 0.484 e. The first-order valence-electron chi connectivity index (χ1n) is 6.86. The number of ether oxygens (including phenoxy) is 1. The van der Waals surface area contributed by atoms with Crippen LogP contribution in [0.2, 0.25) is 0 Å². The Kier molecular flexibility index (Phi) is 10.4. The van der Waals surface area contributed by atoms with Crippen molar-refractivity contribution in [3.8, 4) is 5.75 Å². The van der Waals surface area contributed by atoms with Gasteiger partial charge in [-0.2, -0.15) is 13.2 Å². The average molecular weight is 443 g/mol. The van der Waals surface area contributed by atoms with Gasteiger partial charge in [-0.05, 0) is 24.6 Å². The maximum atomic E-state index is 12.1. The van der Waals surface area contributed by atoms with Crippen molar-refractivity contribution in [1.82, 2.24) is 10.6 Å². The Morgan fingerprint density at radius 3 is 2.70 bits per heavy atom. The van der Waals surface area contributed by atoms with E-state index in [0.29, 0.717) is 25.6 Å². The van der Waals surface area contributed by atoms with Gasteiger partial charge >= 0.3 is 6.18 Å². The van der Waals surface area contributed by atoms with E-state index in [1.807, 2.05) is 6.92 Å². The zero-order valence-electron chi connectivity index (χ0n) is 12.8. The molecule has 0 unspecified atom stereocenters. The Balaban J connectivity index is 0.00000484. The standard InChI is InChI=1S/C15H20F3N3O.HI/c1-3-8-20-14(19-4-2)21-10-12-6-5-7-13(9-12)22-11-15(16,17)18;/h3,5-7,9H,1,4,8,10-11H2,2H3,(H2,19,20,21);1H. The van der Waals surface area contributed by atoms with Crippen molar-refractivity contribution in [2.24, 2.45) is 4.99 Å². The molecule has 130 valence electrons. The molecule has 0 aromatic heterocycles. The van der Waals surface area contributed by atoms with Gasteiger partial charge in [0.2, 0.25) is 0 Å². The number of benzene rings is 1. The van der Waals surface area contributed by atoms with Crippen LogP contribution in [-0.2, 0) is 6.54 Å². The summed E-state index contributed by atoms with van der Waals surface area (Å²) in [5, 5.41) is 6.10. The minimum atomic E-state index is -4.35. The van der Waals surface area contributed by atoms with Gasteiger partial charge in [0.05, 0.1) is 6.54 Å². The molecule has 1 aromatic rings. The molecule has 0 bridgehead atoms. The minimum Gasteiger partial charge on any atom is -0.484 e. The van der Waals surface area contributed by atoms with Crippen LogP contribution in [-0.4, -0.2) is 31.8 Å². The lowest BCUT2D eigenvalue weighted by atomic mass is 10.2. The van der Waals surface area contributed by atoms with Gasteiger partial charge in [0, 0.05) is 13.1 Å². The van der Waals surface area contributed by atoms with Gasteiger partial charge in [0.25, 0.3) is 0 Å². The molecule has 0 saturated heterocycles. The maximum absolute atomic E-state index is 12.1. The Bertz CT molecular complexity index is 507. The van der Waals surface area contributed by atoms with Crippen molar-refractivity contribution in [3.63, 3.8) is 0 Å². The molecular weight excluding hydrogens is 422 g/mol. The molecule has 0 aliphatic heterocycles. The number of nitrogens with one attached hydrogen (secondary N) is 2. The summed E-state index contributed by atoms with van der Waals surface area (Å²) in [7, 11) is 0. The van der Waals surface area contributed by atoms with Crippen LogP contribution in [0.15, 0.2) is 41.9 Å². The van der Waals surface area contributed by atoms with Crippen LogP contribution < -0.4 is 15.4 Å². The summed E-state index contributed by atoms with van der Waals surface area (Å²) in [6, 6.07) is 6.45. The second kappa shape index (κ2) is 11.1. The molecule has 0 radical (unpaired) electrons. The third-order valence-electron chi connectivity index (χ3n) is 2.48. The second-order valence-electron chi connectivity index (χ2n) is 4.42. The third-order valence-corrected chi connectivity index (χ3v) is 2.48. The number of aliphatic imine (C=N–C) groups is 1. The summed E-state index contributed by atoms with van der Waals surface area (Å²) in [5.41, 5.74) is 0.760. The van der Waals surface area contributed by atoms with Crippen molar-refractivity contribution in [3.05, 3.63) is 42.5 Å². The van der Waals surface area contributed by atoms with Crippen LogP contribution in [0.3, 0.4) is 0 Å². The van der Waals surface area contributed by atoms with Gasteiger partial charge in [0.15, 0.2) is 12.6 Å². The number of hydrogen-bond donors (Lipinski definition) is 2. The highest BCUT2D eigenvalue weighted by Crippen LogP contribution is 2.19. The van der Waals surface area contributed by atoms with Crippen molar-refractivity contribution in [2.75, 3.05) is 19.7 Å². The quantitative estimate of drug-likeness (QED) is 0.294. The summed E-state index contributed by atoms with van der Waals surface area (Å²) in [4.78, 5) is 4.34. The fourth-order valence-electron chi connectivity index (χ4n) is 1.58. The SMILES string of the molecule is C=CCNC(=NCc1cccc(OCC(F)(F)F)c1)NCC.I. The number of hydrogen-bond acceptors (Lipinski definition) is 2. The van der Waals surface area contributed by atoms with E-state index in [2.05, 4.69) is 22.2 Å². The predicted octanol–water partition coefficient (Wildman–Crippen LogP) is 3.49. The summed E-state index contributed by atoms with van der Waals surface area (Å²) < 4.78 is 41.1. The zero-order chi connectivity index (χ0) is 16.4. The minimum absolute atomic E-state index is 0. The number of rotatable bonds is 7. The lowest BCUT2D eigenvalue weighted by Gasteiger charge is -2.11. The van der Waals surface area contributed by atoms with Crippen molar-refractivity contribution < 1.29 is 17.9 Å². The Morgan fingerprint density at radius 1 is 1.35 bits per heavy atom. The highest BCUT2D eigenvalue weighted by Gasteiger charge is 2.28. The lowest BCUT2D eigenvalue weighted by molar-refractivity contribution is -0.153. The molecule has 0 spiro atoms. The molecule has 2 N–H and O–H groups in total. The number of alkyl halides is 3. The lowest BCUT2D eigenvalue weighted by Crippen LogP contribution is -2.37. The Morgan fingerprint density at radius 2 is 2.09 bits per heavy atom. The summed E-state index contributed by atoms with van der Waals surface area (Å²) >= 11 is 0. The molecule has 0 saturated carbocycles. The van der Waals surface area contributed by atoms with Gasteiger partial charge in [-0.3, -0.25) is 0 Å². The maximum Gasteiger partial charge on any atom is 0.422 e. The second-order valence-corrected chi connectivity index (χ2v) is 4.42. The fraction of sp³-hybridized carbons (Fsp3) is 0.400. The van der Waals surface area contributed by atoms with Crippen LogP contribution in [0.4, 0.5) is 13.2 Å². The van der Waals surface area contributed by atoms with E-state index < -0.39 is 12.8 Å². The molecule has 0 aliphatic rings. The Labute approximate surface area is 151 Å². The molecule has 0 aliphatic carbocycles. The third kappa shape index (κ3) is 10.0. The molecule has 23 heavy (non-hydrogen) atoms. The van der Waals surface area contributed by atoms with E-state index in [1.54, 1.807) is 24.3 Å². The summed E-state index contributed by atoms with van der Waals surface area (Å²) in [6.07, 6.45) is -2.64. The van der Waals surface area contributed by atoms with Crippen molar-refractivity contribution in [1.29, 1.82) is 0 Å². The van der Waals surface area contributed by atoms with Crippen molar-refractivity contribution in [2.45, 2.75) is 19.6 Å². The molecule has 0 atom stereocenters. The van der Waals surface area contributed by atoms with Crippen LogP contribution >= 0.6 is 24.0 Å². The predicted molar refractivity (Wildman–Crippen MR) is 96.4 cm³/mol. The van der Waals surface area contributed by atoms with E-state index in [4.69, 9.17) is 4.74 Å². The van der Waals surface area contributed by atoms with E-state index in [-0.39, 0.29) is 29.7 Å². The molecular formula is C15H21F3IN3O. The van der Waals surface area contributed by atoms with Crippen LogP contribution in [0.1, 0.15) is 12.5 Å². The summed E-state index contributed by atoms with van der Waals surface area (Å²) in [6.45, 7) is 5.85.